The zero-order valence-electron chi connectivity index (χ0n) is 17.5. The highest BCUT2D eigenvalue weighted by molar-refractivity contribution is 5.95. The van der Waals surface area contributed by atoms with Gasteiger partial charge in [0.2, 0.25) is 0 Å². The minimum Gasteiger partial charge on any atom is -0.482 e. The van der Waals surface area contributed by atoms with Gasteiger partial charge in [0.15, 0.2) is 6.61 Å². The van der Waals surface area contributed by atoms with Crippen molar-refractivity contribution in [2.24, 2.45) is 0 Å². The van der Waals surface area contributed by atoms with E-state index in [9.17, 15) is 4.79 Å². The van der Waals surface area contributed by atoms with E-state index in [1.54, 1.807) is 0 Å². The molecule has 4 nitrogen and oxygen atoms in total. The van der Waals surface area contributed by atoms with Gasteiger partial charge in [0.25, 0.3) is 5.91 Å². The Morgan fingerprint density at radius 3 is 2.37 bits per heavy atom. The van der Waals surface area contributed by atoms with Crippen molar-refractivity contribution in [2.75, 3.05) is 11.9 Å². The highest BCUT2D eigenvalue weighted by atomic mass is 16.5. The second-order valence-electron chi connectivity index (χ2n) is 7.76. The monoisotopic (exact) mass is 400 g/mol. The number of ether oxygens (including phenoxy) is 1. The molecule has 1 heterocycles. The molecule has 1 N–H and O–H groups in total. The number of hydrogen-bond donors (Lipinski definition) is 1. The van der Waals surface area contributed by atoms with Gasteiger partial charge in [-0.1, -0.05) is 73.7 Å². The minimum atomic E-state index is -0.106. The molecule has 0 radical (unpaired) electrons. The summed E-state index contributed by atoms with van der Waals surface area (Å²) in [6.07, 6.45) is 0.967. The lowest BCUT2D eigenvalue weighted by Gasteiger charge is -2.37. The van der Waals surface area contributed by atoms with Crippen LogP contribution in [0, 0.1) is 0 Å². The zero-order valence-corrected chi connectivity index (χ0v) is 17.5. The third-order valence-corrected chi connectivity index (χ3v) is 5.80. The van der Waals surface area contributed by atoms with E-state index < -0.39 is 0 Å². The van der Waals surface area contributed by atoms with Gasteiger partial charge in [-0.25, -0.2) is 0 Å². The first-order valence-electron chi connectivity index (χ1n) is 10.6. The molecule has 3 aromatic rings. The number of rotatable bonds is 7. The van der Waals surface area contributed by atoms with Gasteiger partial charge >= 0.3 is 0 Å². The number of fused-ring (bicyclic) bond motifs is 1. The number of carbonyl (C=O) groups is 1. The Balaban J connectivity index is 1.69. The zero-order chi connectivity index (χ0) is 20.9. The maximum Gasteiger partial charge on any atom is 0.262 e. The molecular weight excluding hydrogens is 372 g/mol. The molecule has 1 aliphatic heterocycles. The van der Waals surface area contributed by atoms with E-state index >= 15 is 0 Å². The van der Waals surface area contributed by atoms with Crippen LogP contribution in [0.2, 0.25) is 0 Å². The average molecular weight is 401 g/mol. The van der Waals surface area contributed by atoms with Crippen molar-refractivity contribution in [3.8, 4) is 5.75 Å². The first-order valence-corrected chi connectivity index (χ1v) is 10.6. The summed E-state index contributed by atoms with van der Waals surface area (Å²) < 4.78 is 5.68. The van der Waals surface area contributed by atoms with Gasteiger partial charge in [-0.15, -0.1) is 0 Å². The summed E-state index contributed by atoms with van der Waals surface area (Å²) in [7, 11) is 0. The second kappa shape index (κ2) is 9.14. The van der Waals surface area contributed by atoms with Crippen LogP contribution in [0.1, 0.15) is 49.0 Å². The Morgan fingerprint density at radius 2 is 1.67 bits per heavy atom. The average Bonchev–Trinajstić information content (AvgIpc) is 2.79. The summed E-state index contributed by atoms with van der Waals surface area (Å²) in [5.41, 5.74) is 4.54. The largest absolute Gasteiger partial charge is 0.482 e. The Bertz CT molecular complexity index is 988. The Kier molecular flexibility index (Phi) is 6.15. The molecule has 0 unspecified atom stereocenters. The molecular formula is C26H28N2O2. The topological polar surface area (TPSA) is 41.6 Å². The second-order valence-corrected chi connectivity index (χ2v) is 7.76. The van der Waals surface area contributed by atoms with Gasteiger partial charge in [0.05, 0.1) is 5.69 Å². The van der Waals surface area contributed by atoms with Crippen molar-refractivity contribution in [1.82, 2.24) is 4.90 Å². The summed E-state index contributed by atoms with van der Waals surface area (Å²) >= 11 is 0. The van der Waals surface area contributed by atoms with Gasteiger partial charge < -0.3 is 10.1 Å². The molecule has 4 rings (SSSR count). The van der Waals surface area contributed by atoms with Crippen LogP contribution < -0.4 is 10.1 Å². The lowest BCUT2D eigenvalue weighted by atomic mass is 9.96. The van der Waals surface area contributed by atoms with Crippen LogP contribution in [0.3, 0.4) is 0 Å². The van der Waals surface area contributed by atoms with Crippen molar-refractivity contribution < 1.29 is 9.53 Å². The molecule has 0 aromatic heterocycles. The minimum absolute atomic E-state index is 0.0708. The number of carbonyl (C=O) groups excluding carboxylic acids is 1. The molecule has 1 amide bonds. The number of benzene rings is 3. The van der Waals surface area contributed by atoms with E-state index in [2.05, 4.69) is 96.9 Å². The standard InChI is InChI=1S/C26H28N2O2/c1-3-24(22-14-15-23-25(16-22)30-18-26(29)27-23)28(17-20-10-6-4-7-11-20)19(2)21-12-8-5-9-13-21/h4-16,19,24H,3,17-18H2,1-2H3,(H,27,29)/t19-,24+/m1/s1. The Labute approximate surface area is 178 Å². The van der Waals surface area contributed by atoms with Gasteiger partial charge in [0.1, 0.15) is 5.75 Å². The van der Waals surface area contributed by atoms with Gasteiger partial charge in [0, 0.05) is 18.6 Å². The molecule has 0 fully saturated rings. The van der Waals surface area contributed by atoms with E-state index in [-0.39, 0.29) is 24.6 Å². The molecule has 154 valence electrons. The Hall–Kier alpha value is -3.11. The van der Waals surface area contributed by atoms with E-state index in [1.807, 2.05) is 6.07 Å². The van der Waals surface area contributed by atoms with Crippen LogP contribution in [0.25, 0.3) is 0 Å². The number of anilines is 1. The summed E-state index contributed by atoms with van der Waals surface area (Å²) in [5.74, 6) is 0.642. The predicted octanol–water partition coefficient (Wildman–Crippen LogP) is 5.73. The SMILES string of the molecule is CC[C@@H](c1ccc2c(c1)OCC(=O)N2)N(Cc1ccccc1)[C@H](C)c1ccccc1. The molecule has 4 heteroatoms. The molecule has 0 bridgehead atoms. The van der Waals surface area contributed by atoms with Crippen LogP contribution in [0.4, 0.5) is 5.69 Å². The Morgan fingerprint density at radius 1 is 0.967 bits per heavy atom. The first-order chi connectivity index (χ1) is 14.7. The van der Waals surface area contributed by atoms with Crippen molar-refractivity contribution >= 4 is 11.6 Å². The van der Waals surface area contributed by atoms with Crippen molar-refractivity contribution in [3.05, 3.63) is 95.6 Å². The third kappa shape index (κ3) is 4.39. The summed E-state index contributed by atoms with van der Waals surface area (Å²) in [6.45, 7) is 5.42. The van der Waals surface area contributed by atoms with Gasteiger partial charge in [-0.3, -0.25) is 9.69 Å². The molecule has 2 atom stereocenters. The molecule has 1 aliphatic rings. The van der Waals surface area contributed by atoms with Crippen LogP contribution in [0.15, 0.2) is 78.9 Å². The highest BCUT2D eigenvalue weighted by Crippen LogP contribution is 2.38. The smallest absolute Gasteiger partial charge is 0.262 e. The summed E-state index contributed by atoms with van der Waals surface area (Å²) in [4.78, 5) is 14.2. The molecule has 30 heavy (non-hydrogen) atoms. The highest BCUT2D eigenvalue weighted by Gasteiger charge is 2.27. The molecule has 3 aromatic carbocycles. The van der Waals surface area contributed by atoms with Crippen LogP contribution in [-0.4, -0.2) is 17.4 Å². The lowest BCUT2D eigenvalue weighted by Crippen LogP contribution is -2.31. The van der Waals surface area contributed by atoms with Gasteiger partial charge in [-0.05, 0) is 42.2 Å². The first kappa shape index (κ1) is 20.2. The quantitative estimate of drug-likeness (QED) is 0.550. The van der Waals surface area contributed by atoms with E-state index in [0.717, 1.165) is 24.4 Å². The van der Waals surface area contributed by atoms with Crippen molar-refractivity contribution in [1.29, 1.82) is 0 Å². The van der Waals surface area contributed by atoms with Crippen molar-refractivity contribution in [3.63, 3.8) is 0 Å². The third-order valence-electron chi connectivity index (χ3n) is 5.80. The fourth-order valence-corrected chi connectivity index (χ4v) is 4.19. The van der Waals surface area contributed by atoms with E-state index in [4.69, 9.17) is 4.74 Å². The maximum atomic E-state index is 11.6. The number of hydrogen-bond acceptors (Lipinski definition) is 3. The van der Waals surface area contributed by atoms with Gasteiger partial charge in [-0.2, -0.15) is 0 Å². The van der Waals surface area contributed by atoms with Crippen molar-refractivity contribution in [2.45, 2.75) is 38.9 Å². The van der Waals surface area contributed by atoms with Crippen LogP contribution in [-0.2, 0) is 11.3 Å². The molecule has 0 saturated heterocycles. The van der Waals surface area contributed by atoms with Crippen LogP contribution in [0.5, 0.6) is 5.75 Å². The molecule has 0 spiro atoms. The molecule has 0 aliphatic carbocycles. The normalized spacial score (nSPS) is 15.1. The summed E-state index contributed by atoms with van der Waals surface area (Å²) in [5, 5.41) is 2.88. The number of nitrogens with zero attached hydrogens (tertiary/aromatic N) is 1. The number of nitrogens with one attached hydrogen (secondary N) is 1. The maximum absolute atomic E-state index is 11.6. The fourth-order valence-electron chi connectivity index (χ4n) is 4.19. The fraction of sp³-hybridized carbons (Fsp3) is 0.269. The number of amides is 1. The van der Waals surface area contributed by atoms with E-state index in [0.29, 0.717) is 0 Å². The summed E-state index contributed by atoms with van der Waals surface area (Å²) in [6, 6.07) is 27.9. The van der Waals surface area contributed by atoms with Crippen LogP contribution >= 0.6 is 0 Å². The van der Waals surface area contributed by atoms with E-state index in [1.165, 1.54) is 16.7 Å². The molecule has 0 saturated carbocycles. The predicted molar refractivity (Wildman–Crippen MR) is 120 cm³/mol. The lowest BCUT2D eigenvalue weighted by molar-refractivity contribution is -0.118.